The lowest BCUT2D eigenvalue weighted by Gasteiger charge is -1.91. The third-order valence-electron chi connectivity index (χ3n) is 2.48. The molecule has 0 aliphatic heterocycles. The standard InChI is InChI=1S/C13H12N6O2S2/c1-20-7-3-2-6-10-14-12(18-16-10)22-23-13-15-11(17-19-13)9-5-4-8-21-9/h2-8H,1H3,(H,14,16,18)(H,15,17,19)/b6-2+,7-3-. The average Bonchev–Trinajstić information content (AvgIpc) is 3.30. The van der Waals surface area contributed by atoms with Crippen molar-refractivity contribution in [2.24, 2.45) is 0 Å². The first-order chi connectivity index (χ1) is 11.3. The van der Waals surface area contributed by atoms with E-state index in [0.29, 0.717) is 27.7 Å². The van der Waals surface area contributed by atoms with E-state index in [2.05, 4.69) is 30.4 Å². The summed E-state index contributed by atoms with van der Waals surface area (Å²) in [5.74, 6) is 1.89. The van der Waals surface area contributed by atoms with Crippen molar-refractivity contribution in [3.63, 3.8) is 0 Å². The lowest BCUT2D eigenvalue weighted by atomic mass is 10.4. The zero-order chi connectivity index (χ0) is 15.9. The number of allylic oxidation sites excluding steroid dienone is 2. The molecule has 3 rings (SSSR count). The Bertz CT molecular complexity index is 793. The van der Waals surface area contributed by atoms with Crippen LogP contribution in [0.4, 0.5) is 0 Å². The van der Waals surface area contributed by atoms with Gasteiger partial charge < -0.3 is 19.1 Å². The van der Waals surface area contributed by atoms with E-state index < -0.39 is 0 Å². The summed E-state index contributed by atoms with van der Waals surface area (Å²) in [6.07, 6.45) is 8.51. The molecule has 0 aromatic carbocycles. The fraction of sp³-hybridized carbons (Fsp3) is 0.0769. The Morgan fingerprint density at radius 3 is 2.70 bits per heavy atom. The minimum absolute atomic E-state index is 0.587. The first-order valence-corrected chi connectivity index (χ1v) is 8.60. The van der Waals surface area contributed by atoms with Crippen LogP contribution in [0.25, 0.3) is 17.7 Å². The number of nitrogens with zero attached hydrogens (tertiary/aromatic N) is 4. The van der Waals surface area contributed by atoms with Crippen LogP contribution in [0.2, 0.25) is 0 Å². The number of aromatic amines is 2. The highest BCUT2D eigenvalue weighted by Gasteiger charge is 2.10. The summed E-state index contributed by atoms with van der Waals surface area (Å²) < 4.78 is 10.0. The summed E-state index contributed by atoms with van der Waals surface area (Å²) in [7, 11) is 4.37. The van der Waals surface area contributed by atoms with Gasteiger partial charge in [0.1, 0.15) is 0 Å². The molecule has 10 heteroatoms. The molecule has 2 N–H and O–H groups in total. The van der Waals surface area contributed by atoms with Gasteiger partial charge in [-0.1, -0.05) is 6.08 Å². The van der Waals surface area contributed by atoms with E-state index in [4.69, 9.17) is 9.15 Å². The highest BCUT2D eigenvalue weighted by Crippen LogP contribution is 2.33. The van der Waals surface area contributed by atoms with Crippen LogP contribution in [-0.2, 0) is 4.74 Å². The van der Waals surface area contributed by atoms with Crippen LogP contribution in [0, 0.1) is 0 Å². The lowest BCUT2D eigenvalue weighted by molar-refractivity contribution is 0.338. The number of aromatic nitrogens is 6. The summed E-state index contributed by atoms with van der Waals surface area (Å²) >= 11 is 0. The monoisotopic (exact) mass is 348 g/mol. The fourth-order valence-electron chi connectivity index (χ4n) is 1.53. The molecule has 0 aliphatic carbocycles. The first-order valence-electron chi connectivity index (χ1n) is 6.45. The molecule has 3 heterocycles. The van der Waals surface area contributed by atoms with Crippen molar-refractivity contribution < 1.29 is 9.15 Å². The molecule has 118 valence electrons. The fourth-order valence-corrected chi connectivity index (χ4v) is 3.04. The number of methoxy groups -OCH3 is 1. The molecular formula is C13H12N6O2S2. The van der Waals surface area contributed by atoms with E-state index in [1.54, 1.807) is 43.9 Å². The number of furan rings is 1. The van der Waals surface area contributed by atoms with Gasteiger partial charge in [0.25, 0.3) is 0 Å². The molecular weight excluding hydrogens is 336 g/mol. The molecule has 3 aromatic heterocycles. The van der Waals surface area contributed by atoms with Crippen molar-refractivity contribution in [3.8, 4) is 11.6 Å². The average molecular weight is 348 g/mol. The van der Waals surface area contributed by atoms with Gasteiger partial charge in [-0.25, -0.2) is 0 Å². The van der Waals surface area contributed by atoms with Crippen LogP contribution in [0.1, 0.15) is 5.82 Å². The lowest BCUT2D eigenvalue weighted by Crippen LogP contribution is -1.75. The van der Waals surface area contributed by atoms with E-state index in [0.717, 1.165) is 0 Å². The maximum atomic E-state index is 5.25. The number of H-pyrrole nitrogens is 2. The largest absolute Gasteiger partial charge is 0.504 e. The van der Waals surface area contributed by atoms with Crippen molar-refractivity contribution in [2.75, 3.05) is 7.11 Å². The Labute approximate surface area is 139 Å². The van der Waals surface area contributed by atoms with Gasteiger partial charge in [0.2, 0.25) is 0 Å². The molecule has 8 nitrogen and oxygen atoms in total. The van der Waals surface area contributed by atoms with Gasteiger partial charge in [-0.05, 0) is 45.9 Å². The molecule has 0 saturated carbocycles. The Morgan fingerprint density at radius 1 is 1.09 bits per heavy atom. The second-order valence-electron chi connectivity index (χ2n) is 4.06. The number of rotatable bonds is 7. The Kier molecular flexibility index (Phi) is 5.17. The van der Waals surface area contributed by atoms with Gasteiger partial charge in [0, 0.05) is 0 Å². The molecule has 0 bridgehead atoms. The maximum Gasteiger partial charge on any atom is 0.200 e. The Morgan fingerprint density at radius 2 is 1.91 bits per heavy atom. The predicted octanol–water partition coefficient (Wildman–Crippen LogP) is 3.16. The number of hydrogen-bond donors (Lipinski definition) is 2. The van der Waals surface area contributed by atoms with Gasteiger partial charge in [-0.2, -0.15) is 0 Å². The van der Waals surface area contributed by atoms with Crippen molar-refractivity contribution in [1.82, 2.24) is 30.4 Å². The molecule has 0 radical (unpaired) electrons. The van der Waals surface area contributed by atoms with Crippen molar-refractivity contribution in [3.05, 3.63) is 42.6 Å². The van der Waals surface area contributed by atoms with E-state index in [9.17, 15) is 0 Å². The molecule has 23 heavy (non-hydrogen) atoms. The summed E-state index contributed by atoms with van der Waals surface area (Å²) in [5.41, 5.74) is 0. The van der Waals surface area contributed by atoms with Crippen molar-refractivity contribution in [2.45, 2.75) is 10.3 Å². The zero-order valence-electron chi connectivity index (χ0n) is 12.0. The predicted molar refractivity (Wildman–Crippen MR) is 87.4 cm³/mol. The molecule has 0 spiro atoms. The van der Waals surface area contributed by atoms with E-state index in [1.165, 1.54) is 21.6 Å². The normalized spacial score (nSPS) is 11.7. The first kappa shape index (κ1) is 15.4. The number of nitrogens with one attached hydrogen (secondary N) is 2. The molecule has 0 atom stereocenters. The second-order valence-corrected chi connectivity index (χ2v) is 6.17. The molecule has 3 aromatic rings. The van der Waals surface area contributed by atoms with Crippen LogP contribution in [-0.4, -0.2) is 37.5 Å². The molecule has 0 saturated heterocycles. The Balaban J connectivity index is 1.55. The Hall–Kier alpha value is -2.46. The minimum Gasteiger partial charge on any atom is -0.504 e. The van der Waals surface area contributed by atoms with Crippen molar-refractivity contribution >= 4 is 27.7 Å². The highest BCUT2D eigenvalue weighted by molar-refractivity contribution is 8.76. The molecule has 0 amide bonds. The smallest absolute Gasteiger partial charge is 0.200 e. The molecule has 0 aliphatic rings. The van der Waals surface area contributed by atoms with E-state index >= 15 is 0 Å². The summed E-state index contributed by atoms with van der Waals surface area (Å²) in [5, 5.41) is 17.4. The minimum atomic E-state index is 0.587. The third-order valence-corrected chi connectivity index (χ3v) is 4.45. The second kappa shape index (κ2) is 7.70. The van der Waals surface area contributed by atoms with Crippen LogP contribution in [0.5, 0.6) is 0 Å². The topological polar surface area (TPSA) is 106 Å². The summed E-state index contributed by atoms with van der Waals surface area (Å²) in [6, 6.07) is 3.61. The van der Waals surface area contributed by atoms with Crippen molar-refractivity contribution in [1.29, 1.82) is 0 Å². The molecule has 0 unspecified atom stereocenters. The van der Waals surface area contributed by atoms with Gasteiger partial charge in [-0.15, -0.1) is 20.4 Å². The van der Waals surface area contributed by atoms with Crippen LogP contribution in [0.15, 0.2) is 51.5 Å². The van der Waals surface area contributed by atoms with Crippen LogP contribution < -0.4 is 0 Å². The summed E-state index contributed by atoms with van der Waals surface area (Å²) in [6.45, 7) is 0. The maximum absolute atomic E-state index is 5.25. The number of ether oxygens (including phenoxy) is 1. The quantitative estimate of drug-likeness (QED) is 0.381. The van der Waals surface area contributed by atoms with Gasteiger partial charge in [-0.3, -0.25) is 0 Å². The van der Waals surface area contributed by atoms with Gasteiger partial charge in [0.05, 0.1) is 19.6 Å². The third kappa shape index (κ3) is 4.27. The van der Waals surface area contributed by atoms with E-state index in [1.807, 2.05) is 6.07 Å². The molecule has 0 fully saturated rings. The summed E-state index contributed by atoms with van der Waals surface area (Å²) in [4.78, 5) is 6.14. The van der Waals surface area contributed by atoms with Gasteiger partial charge in [0.15, 0.2) is 27.7 Å². The highest BCUT2D eigenvalue weighted by atomic mass is 33.1. The zero-order valence-corrected chi connectivity index (χ0v) is 13.6. The van der Waals surface area contributed by atoms with Crippen LogP contribution >= 0.6 is 21.6 Å². The van der Waals surface area contributed by atoms with Gasteiger partial charge >= 0.3 is 0 Å². The van der Waals surface area contributed by atoms with E-state index in [-0.39, 0.29) is 0 Å². The van der Waals surface area contributed by atoms with Crippen LogP contribution in [0.3, 0.4) is 0 Å². The SMILES string of the molecule is CO/C=C\C=C\c1nnc(SSc2nnc(-c3ccco3)[nH]2)[nH]1. The number of hydrogen-bond acceptors (Lipinski definition) is 8.